The molecule has 0 aliphatic heterocycles. The van der Waals surface area contributed by atoms with Crippen LogP contribution in [0.5, 0.6) is 0 Å². The molecule has 4 heteroatoms. The summed E-state index contributed by atoms with van der Waals surface area (Å²) in [5, 5.41) is 14.0. The molecule has 0 spiro atoms. The summed E-state index contributed by atoms with van der Waals surface area (Å²) >= 11 is 0. The zero-order chi connectivity index (χ0) is 6.85. The van der Waals surface area contributed by atoms with E-state index in [0.717, 1.165) is 5.69 Å². The quantitative estimate of drug-likeness (QED) is 0.354. The Morgan fingerprint density at radius 2 is 2.22 bits per heavy atom. The molecule has 9 heavy (non-hydrogen) atoms. The molecule has 0 aromatic carbocycles. The van der Waals surface area contributed by atoms with Crippen molar-refractivity contribution < 1.29 is 4.85 Å². The van der Waals surface area contributed by atoms with Gasteiger partial charge in [-0.2, -0.15) is 0 Å². The lowest BCUT2D eigenvalue weighted by Crippen LogP contribution is -2.35. The van der Waals surface area contributed by atoms with Gasteiger partial charge in [-0.1, -0.05) is 4.85 Å². The second kappa shape index (κ2) is 1.97. The Labute approximate surface area is 52.7 Å². The van der Waals surface area contributed by atoms with Gasteiger partial charge < -0.3 is 5.21 Å². The average Bonchev–Trinajstić information content (AvgIpc) is 1.83. The van der Waals surface area contributed by atoms with Gasteiger partial charge in [-0.25, -0.2) is 4.98 Å². The van der Waals surface area contributed by atoms with E-state index < -0.39 is 0 Å². The molecular weight excluding hydrogens is 118 g/mol. The number of hydrogen-bond donors (Lipinski definition) is 0. The summed E-state index contributed by atoms with van der Waals surface area (Å²) in [6.07, 6.45) is 1.25. The van der Waals surface area contributed by atoms with Crippen molar-refractivity contribution in [2.45, 2.75) is 13.8 Å². The molecule has 4 nitrogen and oxygen atoms in total. The first kappa shape index (κ1) is 5.94. The van der Waals surface area contributed by atoms with E-state index in [1.165, 1.54) is 6.33 Å². The Bertz CT molecular complexity index is 203. The highest BCUT2D eigenvalue weighted by Gasteiger charge is 2.02. The van der Waals surface area contributed by atoms with E-state index in [9.17, 15) is 5.21 Å². The lowest BCUT2D eigenvalue weighted by atomic mass is 10.4. The van der Waals surface area contributed by atoms with Crippen LogP contribution in [0.15, 0.2) is 6.33 Å². The molecule has 0 amide bonds. The molecule has 0 bridgehead atoms. The van der Waals surface area contributed by atoms with Crippen molar-refractivity contribution in [3.8, 4) is 0 Å². The molecule has 48 valence electrons. The van der Waals surface area contributed by atoms with Crippen LogP contribution in [0.3, 0.4) is 0 Å². The largest absolute Gasteiger partial charge is 0.594 e. The molecule has 1 rings (SSSR count). The van der Waals surface area contributed by atoms with Gasteiger partial charge in [-0.05, 0) is 6.92 Å². The van der Waals surface area contributed by atoms with Crippen molar-refractivity contribution in [1.82, 2.24) is 10.1 Å². The fourth-order valence-electron chi connectivity index (χ4n) is 0.478. The predicted molar refractivity (Wildman–Crippen MR) is 30.5 cm³/mol. The van der Waals surface area contributed by atoms with Gasteiger partial charge in [0, 0.05) is 12.0 Å². The van der Waals surface area contributed by atoms with Crippen LogP contribution in [0.25, 0.3) is 0 Å². The number of rotatable bonds is 0. The van der Waals surface area contributed by atoms with Gasteiger partial charge in [-0.15, -0.1) is 0 Å². The Morgan fingerprint density at radius 1 is 1.56 bits per heavy atom. The highest BCUT2D eigenvalue weighted by Crippen LogP contribution is 1.89. The van der Waals surface area contributed by atoms with Crippen LogP contribution in [0.4, 0.5) is 0 Å². The average molecular weight is 125 g/mol. The summed E-state index contributed by atoms with van der Waals surface area (Å²) in [6, 6.07) is 0. The molecule has 0 saturated carbocycles. The molecular formula is C5H7N3O. The molecule has 1 aromatic rings. The van der Waals surface area contributed by atoms with Crippen LogP contribution in [0, 0.1) is 19.1 Å². The molecule has 0 fully saturated rings. The van der Waals surface area contributed by atoms with Crippen molar-refractivity contribution in [2.24, 2.45) is 0 Å². The van der Waals surface area contributed by atoms with Crippen molar-refractivity contribution in [3.63, 3.8) is 0 Å². The Hall–Kier alpha value is -1.19. The van der Waals surface area contributed by atoms with E-state index in [0.29, 0.717) is 10.5 Å². The summed E-state index contributed by atoms with van der Waals surface area (Å²) in [5.74, 6) is 0. The van der Waals surface area contributed by atoms with Gasteiger partial charge in [0.1, 0.15) is 5.69 Å². The first-order valence-corrected chi connectivity index (χ1v) is 2.60. The number of nitrogens with zero attached hydrogens (tertiary/aromatic N) is 3. The molecule has 1 heterocycles. The zero-order valence-corrected chi connectivity index (χ0v) is 5.33. The third-order valence-electron chi connectivity index (χ3n) is 1.22. The first-order chi connectivity index (χ1) is 4.22. The van der Waals surface area contributed by atoms with E-state index >= 15 is 0 Å². The van der Waals surface area contributed by atoms with Crippen molar-refractivity contribution in [1.29, 1.82) is 0 Å². The van der Waals surface area contributed by atoms with E-state index in [2.05, 4.69) is 10.1 Å². The predicted octanol–water partition coefficient (Wildman–Crippen LogP) is -0.273. The molecule has 0 aliphatic rings. The van der Waals surface area contributed by atoms with Crippen LogP contribution in [-0.2, 0) is 0 Å². The lowest BCUT2D eigenvalue weighted by Gasteiger charge is -1.95. The maximum Gasteiger partial charge on any atom is 0.239 e. The number of aromatic nitrogens is 3. The summed E-state index contributed by atoms with van der Waals surface area (Å²) < 4.78 is 0. The Kier molecular flexibility index (Phi) is 1.30. The van der Waals surface area contributed by atoms with Crippen LogP contribution >= 0.6 is 0 Å². The zero-order valence-electron chi connectivity index (χ0n) is 5.33. The second-order valence-corrected chi connectivity index (χ2v) is 1.80. The third kappa shape index (κ3) is 0.960. The van der Waals surface area contributed by atoms with E-state index in [-0.39, 0.29) is 0 Å². The Balaban J connectivity index is 3.25. The smallest absolute Gasteiger partial charge is 0.239 e. The minimum absolute atomic E-state index is 0.553. The molecule has 0 N–H and O–H groups in total. The van der Waals surface area contributed by atoms with Gasteiger partial charge in [0.25, 0.3) is 0 Å². The van der Waals surface area contributed by atoms with Crippen molar-refractivity contribution >= 4 is 0 Å². The standard InChI is InChI=1S/C5H7N3O/c1-4-5(2)8(9)7-3-6-4/h3H,1-2H3. The monoisotopic (exact) mass is 125 g/mol. The van der Waals surface area contributed by atoms with E-state index in [1.54, 1.807) is 13.8 Å². The minimum atomic E-state index is 0.553. The van der Waals surface area contributed by atoms with Gasteiger partial charge >= 0.3 is 0 Å². The molecule has 0 atom stereocenters. The summed E-state index contributed by atoms with van der Waals surface area (Å²) in [6.45, 7) is 3.45. The van der Waals surface area contributed by atoms with E-state index in [1.807, 2.05) is 0 Å². The highest BCUT2D eigenvalue weighted by molar-refractivity contribution is 4.97. The third-order valence-corrected chi connectivity index (χ3v) is 1.22. The summed E-state index contributed by atoms with van der Waals surface area (Å²) in [7, 11) is 0. The van der Waals surface area contributed by atoms with Gasteiger partial charge in [0.15, 0.2) is 6.33 Å². The SMILES string of the molecule is Cc1ncn[n+]([O-])c1C. The van der Waals surface area contributed by atoms with Crippen LogP contribution < -0.4 is 4.85 Å². The first-order valence-electron chi connectivity index (χ1n) is 2.60. The van der Waals surface area contributed by atoms with Crippen molar-refractivity contribution in [2.75, 3.05) is 0 Å². The normalized spacial score (nSPS) is 9.56. The highest BCUT2D eigenvalue weighted by atomic mass is 16.5. The topological polar surface area (TPSA) is 52.7 Å². The van der Waals surface area contributed by atoms with Gasteiger partial charge in [0.2, 0.25) is 5.69 Å². The molecule has 1 aromatic heterocycles. The molecule has 0 radical (unpaired) electrons. The van der Waals surface area contributed by atoms with Gasteiger partial charge in [-0.3, -0.25) is 0 Å². The molecule has 0 saturated heterocycles. The Morgan fingerprint density at radius 3 is 2.67 bits per heavy atom. The fraction of sp³-hybridized carbons (Fsp3) is 0.400. The summed E-state index contributed by atoms with van der Waals surface area (Å²) in [4.78, 5) is 4.37. The van der Waals surface area contributed by atoms with E-state index in [4.69, 9.17) is 0 Å². The molecule has 0 aliphatic carbocycles. The van der Waals surface area contributed by atoms with Gasteiger partial charge in [0.05, 0.1) is 0 Å². The fourth-order valence-corrected chi connectivity index (χ4v) is 0.478. The second-order valence-electron chi connectivity index (χ2n) is 1.80. The summed E-state index contributed by atoms with van der Waals surface area (Å²) in [5.41, 5.74) is 1.28. The van der Waals surface area contributed by atoms with Crippen LogP contribution in [0.1, 0.15) is 11.4 Å². The number of aryl methyl sites for hydroxylation is 1. The van der Waals surface area contributed by atoms with Crippen LogP contribution in [0.2, 0.25) is 0 Å². The maximum absolute atomic E-state index is 10.6. The maximum atomic E-state index is 10.6. The lowest BCUT2D eigenvalue weighted by molar-refractivity contribution is -0.676. The van der Waals surface area contributed by atoms with Crippen LogP contribution in [-0.4, -0.2) is 10.1 Å². The van der Waals surface area contributed by atoms with Crippen molar-refractivity contribution in [3.05, 3.63) is 22.9 Å². The number of hydrogen-bond acceptors (Lipinski definition) is 3. The minimum Gasteiger partial charge on any atom is -0.594 e. The molecule has 0 unspecified atom stereocenters.